The van der Waals surface area contributed by atoms with Crippen molar-refractivity contribution in [3.63, 3.8) is 0 Å². The van der Waals surface area contributed by atoms with Crippen molar-refractivity contribution in [2.75, 3.05) is 26.2 Å². The van der Waals surface area contributed by atoms with Crippen molar-refractivity contribution in [3.05, 3.63) is 21.3 Å². The van der Waals surface area contributed by atoms with Gasteiger partial charge in [0.15, 0.2) is 5.96 Å². The van der Waals surface area contributed by atoms with Gasteiger partial charge in [0.2, 0.25) is 0 Å². The molecular formula is C14H22ClN3OS. The largest absolute Gasteiger partial charge is 0.376 e. The first-order valence-corrected chi connectivity index (χ1v) is 8.35. The Labute approximate surface area is 129 Å². The third-order valence-corrected chi connectivity index (χ3v) is 4.40. The summed E-state index contributed by atoms with van der Waals surface area (Å²) in [6.07, 6.45) is 3.53. The highest BCUT2D eigenvalue weighted by Crippen LogP contribution is 2.21. The Balaban J connectivity index is 1.74. The molecule has 0 saturated carbocycles. The van der Waals surface area contributed by atoms with Gasteiger partial charge < -0.3 is 15.4 Å². The maximum atomic E-state index is 5.92. The van der Waals surface area contributed by atoms with Crippen molar-refractivity contribution in [2.45, 2.75) is 32.3 Å². The number of hydrogen-bond acceptors (Lipinski definition) is 3. The normalized spacial score (nSPS) is 19.3. The van der Waals surface area contributed by atoms with E-state index in [2.05, 4.69) is 28.6 Å². The lowest BCUT2D eigenvalue weighted by molar-refractivity contribution is 0.117. The summed E-state index contributed by atoms with van der Waals surface area (Å²) >= 11 is 7.55. The quantitative estimate of drug-likeness (QED) is 0.626. The molecule has 1 aliphatic heterocycles. The van der Waals surface area contributed by atoms with Gasteiger partial charge >= 0.3 is 0 Å². The van der Waals surface area contributed by atoms with E-state index < -0.39 is 0 Å². The van der Waals surface area contributed by atoms with Crippen LogP contribution in [0.1, 0.15) is 24.6 Å². The Bertz CT molecular complexity index is 430. The van der Waals surface area contributed by atoms with Crippen LogP contribution in [0.2, 0.25) is 4.34 Å². The molecule has 2 N–H and O–H groups in total. The topological polar surface area (TPSA) is 45.7 Å². The number of thiophene rings is 1. The van der Waals surface area contributed by atoms with Crippen LogP contribution in [0.3, 0.4) is 0 Å². The van der Waals surface area contributed by atoms with Gasteiger partial charge in [0.25, 0.3) is 0 Å². The lowest BCUT2D eigenvalue weighted by Crippen LogP contribution is -2.38. The van der Waals surface area contributed by atoms with Crippen LogP contribution in [0, 0.1) is 0 Å². The van der Waals surface area contributed by atoms with Crippen LogP contribution in [0.15, 0.2) is 17.1 Å². The van der Waals surface area contributed by atoms with E-state index in [0.29, 0.717) is 6.10 Å². The van der Waals surface area contributed by atoms with Crippen LogP contribution in [-0.4, -0.2) is 38.3 Å². The molecule has 1 atom stereocenters. The highest BCUT2D eigenvalue weighted by molar-refractivity contribution is 7.16. The Morgan fingerprint density at radius 3 is 3.05 bits per heavy atom. The Hall–Kier alpha value is -0.780. The number of guanidine groups is 1. The summed E-state index contributed by atoms with van der Waals surface area (Å²) in [5, 5.41) is 6.61. The standard InChI is InChI=1S/C14H22ClN3OS/c1-2-16-14(18-10-11-4-3-9-19-11)17-8-7-12-5-6-13(15)20-12/h5-6,11H,2-4,7-10H2,1H3,(H2,16,17,18). The van der Waals surface area contributed by atoms with Gasteiger partial charge in [-0.1, -0.05) is 11.6 Å². The van der Waals surface area contributed by atoms with Crippen molar-refractivity contribution in [1.29, 1.82) is 0 Å². The number of ether oxygens (including phenoxy) is 1. The average Bonchev–Trinajstić information content (AvgIpc) is 3.08. The first kappa shape index (κ1) is 15.6. The van der Waals surface area contributed by atoms with Gasteiger partial charge in [-0.05, 0) is 38.3 Å². The summed E-state index contributed by atoms with van der Waals surface area (Å²) in [6.45, 7) is 5.40. The zero-order valence-corrected chi connectivity index (χ0v) is 13.4. The number of nitrogens with one attached hydrogen (secondary N) is 2. The monoisotopic (exact) mass is 315 g/mol. The van der Waals surface area contributed by atoms with Crippen LogP contribution >= 0.6 is 22.9 Å². The number of nitrogens with zero attached hydrogens (tertiary/aromatic N) is 1. The second-order valence-corrected chi connectivity index (χ2v) is 6.54. The molecule has 6 heteroatoms. The SMILES string of the molecule is CCNC(=NCC1CCCO1)NCCc1ccc(Cl)s1. The molecular weight excluding hydrogens is 294 g/mol. The number of halogens is 1. The minimum atomic E-state index is 0.293. The second-order valence-electron chi connectivity index (χ2n) is 4.74. The lowest BCUT2D eigenvalue weighted by Gasteiger charge is -2.12. The fraction of sp³-hybridized carbons (Fsp3) is 0.643. The molecule has 2 heterocycles. The first-order chi connectivity index (χ1) is 9.78. The summed E-state index contributed by atoms with van der Waals surface area (Å²) in [7, 11) is 0. The van der Waals surface area contributed by atoms with Crippen LogP contribution in [0.5, 0.6) is 0 Å². The van der Waals surface area contributed by atoms with Crippen LogP contribution in [-0.2, 0) is 11.2 Å². The Kier molecular flexibility index (Phi) is 6.63. The molecule has 1 fully saturated rings. The smallest absolute Gasteiger partial charge is 0.191 e. The van der Waals surface area contributed by atoms with Gasteiger partial charge in [0.1, 0.15) is 0 Å². The van der Waals surface area contributed by atoms with Gasteiger partial charge in [-0.25, -0.2) is 0 Å². The molecule has 0 aliphatic carbocycles. The van der Waals surface area contributed by atoms with E-state index in [4.69, 9.17) is 16.3 Å². The average molecular weight is 316 g/mol. The lowest BCUT2D eigenvalue weighted by atomic mass is 10.2. The summed E-state index contributed by atoms with van der Waals surface area (Å²) in [6, 6.07) is 4.02. The van der Waals surface area contributed by atoms with Crippen molar-refractivity contribution in [2.24, 2.45) is 4.99 Å². The molecule has 0 bridgehead atoms. The summed E-state index contributed by atoms with van der Waals surface area (Å²) in [4.78, 5) is 5.87. The van der Waals surface area contributed by atoms with Gasteiger partial charge in [-0.2, -0.15) is 0 Å². The maximum absolute atomic E-state index is 5.92. The molecule has 0 aromatic carbocycles. The Morgan fingerprint density at radius 2 is 2.40 bits per heavy atom. The van der Waals surface area contributed by atoms with Crippen LogP contribution in [0.25, 0.3) is 0 Å². The number of hydrogen-bond donors (Lipinski definition) is 2. The molecule has 2 rings (SSSR count). The van der Waals surface area contributed by atoms with Crippen molar-refractivity contribution < 1.29 is 4.74 Å². The van der Waals surface area contributed by atoms with E-state index in [0.717, 1.165) is 55.8 Å². The van der Waals surface area contributed by atoms with E-state index in [1.807, 2.05) is 6.07 Å². The molecule has 1 aliphatic rings. The molecule has 0 amide bonds. The molecule has 1 aromatic heterocycles. The molecule has 4 nitrogen and oxygen atoms in total. The van der Waals surface area contributed by atoms with Crippen molar-refractivity contribution in [1.82, 2.24) is 10.6 Å². The zero-order valence-electron chi connectivity index (χ0n) is 11.8. The third-order valence-electron chi connectivity index (χ3n) is 3.11. The van der Waals surface area contributed by atoms with E-state index >= 15 is 0 Å². The predicted octanol–water partition coefficient (Wildman–Crippen LogP) is 2.68. The second kappa shape index (κ2) is 8.49. The van der Waals surface area contributed by atoms with Crippen LogP contribution in [0.4, 0.5) is 0 Å². The highest BCUT2D eigenvalue weighted by Gasteiger charge is 2.14. The molecule has 0 spiro atoms. The number of rotatable bonds is 6. The van der Waals surface area contributed by atoms with E-state index in [1.54, 1.807) is 11.3 Å². The number of aliphatic imine (C=N–C) groups is 1. The van der Waals surface area contributed by atoms with Crippen LogP contribution < -0.4 is 10.6 Å². The van der Waals surface area contributed by atoms with Gasteiger partial charge in [-0.3, -0.25) is 4.99 Å². The van der Waals surface area contributed by atoms with Gasteiger partial charge in [0, 0.05) is 24.6 Å². The minimum absolute atomic E-state index is 0.293. The predicted molar refractivity (Wildman–Crippen MR) is 86.0 cm³/mol. The fourth-order valence-corrected chi connectivity index (χ4v) is 3.20. The molecule has 0 radical (unpaired) electrons. The highest BCUT2D eigenvalue weighted by atomic mass is 35.5. The maximum Gasteiger partial charge on any atom is 0.191 e. The minimum Gasteiger partial charge on any atom is -0.376 e. The summed E-state index contributed by atoms with van der Waals surface area (Å²) in [5.41, 5.74) is 0. The van der Waals surface area contributed by atoms with Crippen molar-refractivity contribution in [3.8, 4) is 0 Å². The Morgan fingerprint density at radius 1 is 1.50 bits per heavy atom. The van der Waals surface area contributed by atoms with Gasteiger partial charge in [-0.15, -0.1) is 11.3 Å². The van der Waals surface area contributed by atoms with E-state index in [9.17, 15) is 0 Å². The molecule has 112 valence electrons. The van der Waals surface area contributed by atoms with Gasteiger partial charge in [0.05, 0.1) is 17.0 Å². The van der Waals surface area contributed by atoms with E-state index in [-0.39, 0.29) is 0 Å². The third kappa shape index (κ3) is 5.31. The first-order valence-electron chi connectivity index (χ1n) is 7.16. The molecule has 1 aromatic rings. The molecule has 1 unspecified atom stereocenters. The summed E-state index contributed by atoms with van der Waals surface area (Å²) < 4.78 is 6.43. The molecule has 1 saturated heterocycles. The molecule has 20 heavy (non-hydrogen) atoms. The zero-order chi connectivity index (χ0) is 14.2. The van der Waals surface area contributed by atoms with Crippen molar-refractivity contribution >= 4 is 28.9 Å². The summed E-state index contributed by atoms with van der Waals surface area (Å²) in [5.74, 6) is 0.866. The van der Waals surface area contributed by atoms with E-state index in [1.165, 1.54) is 4.88 Å². The fourth-order valence-electron chi connectivity index (χ4n) is 2.11.